The summed E-state index contributed by atoms with van der Waals surface area (Å²) < 4.78 is 1.75. The van der Waals surface area contributed by atoms with Crippen molar-refractivity contribution < 1.29 is 0 Å². The summed E-state index contributed by atoms with van der Waals surface area (Å²) >= 11 is 0. The summed E-state index contributed by atoms with van der Waals surface area (Å²) in [5.41, 5.74) is 3.10. The van der Waals surface area contributed by atoms with E-state index >= 15 is 0 Å². The van der Waals surface area contributed by atoms with Gasteiger partial charge in [0.1, 0.15) is 5.65 Å². The van der Waals surface area contributed by atoms with Crippen molar-refractivity contribution >= 4 is 5.65 Å². The van der Waals surface area contributed by atoms with Crippen LogP contribution in [0.2, 0.25) is 0 Å². The topological polar surface area (TPSA) is 49.3 Å². The zero-order valence-corrected chi connectivity index (χ0v) is 9.29. The zero-order chi connectivity index (χ0) is 11.1. The molecule has 84 valence electrons. The lowest BCUT2D eigenvalue weighted by Gasteiger charge is -2.08. The average Bonchev–Trinajstić information content (AvgIpc) is 2.86. The maximum absolute atomic E-state index is 11.8. The molecule has 1 aliphatic heterocycles. The molecule has 4 heteroatoms. The largest absolute Gasteiger partial charge is 0.342 e. The Balaban J connectivity index is 2.23. The molecule has 0 radical (unpaired) electrons. The minimum Gasteiger partial charge on any atom is -0.342 e. The SMILES string of the molecule is Cc1c(C2CCCN2)[nH]c2cccc(=O)n12. The van der Waals surface area contributed by atoms with Gasteiger partial charge < -0.3 is 10.3 Å². The van der Waals surface area contributed by atoms with Crippen molar-refractivity contribution in [2.75, 3.05) is 6.54 Å². The van der Waals surface area contributed by atoms with Crippen molar-refractivity contribution in [1.29, 1.82) is 0 Å². The fraction of sp³-hybridized carbons (Fsp3) is 0.417. The van der Waals surface area contributed by atoms with Crippen LogP contribution in [0.3, 0.4) is 0 Å². The number of fused-ring (bicyclic) bond motifs is 1. The van der Waals surface area contributed by atoms with Gasteiger partial charge in [-0.3, -0.25) is 9.20 Å². The summed E-state index contributed by atoms with van der Waals surface area (Å²) in [5, 5.41) is 3.45. The van der Waals surface area contributed by atoms with Gasteiger partial charge in [-0.2, -0.15) is 0 Å². The number of aromatic nitrogens is 2. The Morgan fingerprint density at radius 3 is 3.00 bits per heavy atom. The second-order valence-electron chi connectivity index (χ2n) is 4.36. The number of pyridine rings is 1. The van der Waals surface area contributed by atoms with Crippen LogP contribution in [-0.2, 0) is 0 Å². The highest BCUT2D eigenvalue weighted by molar-refractivity contribution is 5.43. The summed E-state index contributed by atoms with van der Waals surface area (Å²) in [6.45, 7) is 3.06. The van der Waals surface area contributed by atoms with Crippen LogP contribution in [0.5, 0.6) is 0 Å². The lowest BCUT2D eigenvalue weighted by atomic mass is 10.1. The molecule has 4 nitrogen and oxygen atoms in total. The van der Waals surface area contributed by atoms with Gasteiger partial charge in [-0.1, -0.05) is 6.07 Å². The Morgan fingerprint density at radius 1 is 1.44 bits per heavy atom. The lowest BCUT2D eigenvalue weighted by molar-refractivity contribution is 0.627. The molecule has 1 aliphatic rings. The standard InChI is InChI=1S/C12H15N3O/c1-8-12(9-4-3-7-13-9)14-10-5-2-6-11(16)15(8)10/h2,5-6,9,13-14H,3-4,7H2,1H3. The Morgan fingerprint density at radius 2 is 2.31 bits per heavy atom. The number of H-pyrrole nitrogens is 1. The molecule has 0 amide bonds. The van der Waals surface area contributed by atoms with E-state index in [9.17, 15) is 4.79 Å². The molecule has 1 atom stereocenters. The van der Waals surface area contributed by atoms with Gasteiger partial charge in [0.05, 0.1) is 5.69 Å². The molecule has 2 aromatic rings. The highest BCUT2D eigenvalue weighted by Crippen LogP contribution is 2.24. The van der Waals surface area contributed by atoms with E-state index in [1.165, 1.54) is 6.42 Å². The second kappa shape index (κ2) is 3.49. The van der Waals surface area contributed by atoms with Gasteiger partial charge in [-0.15, -0.1) is 0 Å². The fourth-order valence-corrected chi connectivity index (χ4v) is 2.55. The third-order valence-corrected chi connectivity index (χ3v) is 3.35. The van der Waals surface area contributed by atoms with Crippen LogP contribution >= 0.6 is 0 Å². The van der Waals surface area contributed by atoms with E-state index in [1.807, 2.05) is 13.0 Å². The Hall–Kier alpha value is -1.55. The summed E-state index contributed by atoms with van der Waals surface area (Å²) in [6.07, 6.45) is 2.34. The molecule has 0 bridgehead atoms. The van der Waals surface area contributed by atoms with Crippen molar-refractivity contribution in [3.8, 4) is 0 Å². The van der Waals surface area contributed by atoms with Gasteiger partial charge >= 0.3 is 0 Å². The maximum Gasteiger partial charge on any atom is 0.256 e. The molecular formula is C12H15N3O. The van der Waals surface area contributed by atoms with E-state index in [4.69, 9.17) is 0 Å². The molecular weight excluding hydrogens is 202 g/mol. The summed E-state index contributed by atoms with van der Waals surface area (Å²) in [6, 6.07) is 5.70. The first kappa shape index (κ1) is 9.66. The molecule has 1 unspecified atom stereocenters. The number of rotatable bonds is 1. The average molecular weight is 217 g/mol. The minimum atomic E-state index is 0.0375. The van der Waals surface area contributed by atoms with E-state index in [2.05, 4.69) is 10.3 Å². The van der Waals surface area contributed by atoms with Crippen molar-refractivity contribution in [3.05, 3.63) is 39.9 Å². The van der Waals surface area contributed by atoms with Crippen molar-refractivity contribution in [1.82, 2.24) is 14.7 Å². The smallest absolute Gasteiger partial charge is 0.256 e. The number of hydrogen-bond donors (Lipinski definition) is 2. The number of imidazole rings is 1. The van der Waals surface area contributed by atoms with Crippen molar-refractivity contribution in [3.63, 3.8) is 0 Å². The van der Waals surface area contributed by atoms with Crippen molar-refractivity contribution in [2.45, 2.75) is 25.8 Å². The first-order valence-corrected chi connectivity index (χ1v) is 5.71. The minimum absolute atomic E-state index is 0.0375. The normalized spacial score (nSPS) is 20.7. The highest BCUT2D eigenvalue weighted by atomic mass is 16.1. The Kier molecular flexibility index (Phi) is 2.11. The van der Waals surface area contributed by atoms with Crippen LogP contribution in [-0.4, -0.2) is 15.9 Å². The van der Waals surface area contributed by atoms with Crippen LogP contribution in [0, 0.1) is 6.92 Å². The third kappa shape index (κ3) is 1.30. The molecule has 3 rings (SSSR count). The molecule has 1 fully saturated rings. The van der Waals surface area contributed by atoms with Gasteiger partial charge in [0.2, 0.25) is 0 Å². The molecule has 2 aromatic heterocycles. The van der Waals surface area contributed by atoms with Gasteiger partial charge in [0.15, 0.2) is 0 Å². The van der Waals surface area contributed by atoms with Crippen LogP contribution < -0.4 is 10.9 Å². The number of nitrogens with zero attached hydrogens (tertiary/aromatic N) is 1. The predicted octanol–water partition coefficient (Wildman–Crippen LogP) is 1.36. The molecule has 0 saturated carbocycles. The van der Waals surface area contributed by atoms with Gasteiger partial charge in [0.25, 0.3) is 5.56 Å². The van der Waals surface area contributed by atoms with Gasteiger partial charge in [-0.05, 0) is 32.4 Å². The predicted molar refractivity (Wildman–Crippen MR) is 62.7 cm³/mol. The Labute approximate surface area is 93.3 Å². The van der Waals surface area contributed by atoms with Crippen molar-refractivity contribution in [2.24, 2.45) is 0 Å². The Bertz CT molecular complexity index is 575. The quantitative estimate of drug-likeness (QED) is 0.757. The van der Waals surface area contributed by atoms with Crippen LogP contribution in [0.1, 0.15) is 30.3 Å². The molecule has 1 saturated heterocycles. The number of aryl methyl sites for hydroxylation is 1. The van der Waals surface area contributed by atoms with E-state index in [-0.39, 0.29) is 5.56 Å². The number of aromatic amines is 1. The summed E-state index contributed by atoms with van der Waals surface area (Å²) in [7, 11) is 0. The summed E-state index contributed by atoms with van der Waals surface area (Å²) in [4.78, 5) is 15.1. The van der Waals surface area contributed by atoms with Crippen LogP contribution in [0.4, 0.5) is 0 Å². The molecule has 0 spiro atoms. The molecule has 16 heavy (non-hydrogen) atoms. The number of nitrogens with one attached hydrogen (secondary N) is 2. The molecule has 2 N–H and O–H groups in total. The van der Waals surface area contributed by atoms with Crippen LogP contribution in [0.15, 0.2) is 23.0 Å². The second-order valence-corrected chi connectivity index (χ2v) is 4.36. The fourth-order valence-electron chi connectivity index (χ4n) is 2.55. The number of hydrogen-bond acceptors (Lipinski definition) is 2. The van der Waals surface area contributed by atoms with E-state index in [1.54, 1.807) is 16.5 Å². The van der Waals surface area contributed by atoms with E-state index in [0.29, 0.717) is 6.04 Å². The first-order chi connectivity index (χ1) is 7.77. The highest BCUT2D eigenvalue weighted by Gasteiger charge is 2.21. The molecule has 3 heterocycles. The molecule has 0 aliphatic carbocycles. The van der Waals surface area contributed by atoms with Gasteiger partial charge in [0, 0.05) is 17.8 Å². The summed E-state index contributed by atoms with van der Waals surface area (Å²) in [5.74, 6) is 0. The third-order valence-electron chi connectivity index (χ3n) is 3.35. The lowest BCUT2D eigenvalue weighted by Crippen LogP contribution is -2.15. The van der Waals surface area contributed by atoms with E-state index < -0.39 is 0 Å². The molecule has 0 aromatic carbocycles. The first-order valence-electron chi connectivity index (χ1n) is 5.71. The van der Waals surface area contributed by atoms with E-state index in [0.717, 1.165) is 30.0 Å². The monoisotopic (exact) mass is 217 g/mol. The zero-order valence-electron chi connectivity index (χ0n) is 9.29. The van der Waals surface area contributed by atoms with Crippen LogP contribution in [0.25, 0.3) is 5.65 Å². The maximum atomic E-state index is 11.8. The van der Waals surface area contributed by atoms with Gasteiger partial charge in [-0.25, -0.2) is 0 Å².